The lowest BCUT2D eigenvalue weighted by atomic mass is 10.1. The molecule has 0 N–H and O–H groups in total. The van der Waals surface area contributed by atoms with Gasteiger partial charge in [0.2, 0.25) is 5.96 Å². The molecular weight excluding hydrogens is 378 g/mol. The van der Waals surface area contributed by atoms with Gasteiger partial charge in [0.1, 0.15) is 5.75 Å². The lowest BCUT2D eigenvalue weighted by molar-refractivity contribution is 0.0836. The number of aromatic nitrogens is 2. The predicted octanol–water partition coefficient (Wildman–Crippen LogP) is 3.17. The number of hydrogen-bond acceptors (Lipinski definition) is 5. The zero-order valence-corrected chi connectivity index (χ0v) is 16.7. The van der Waals surface area contributed by atoms with Gasteiger partial charge in [0.05, 0.1) is 30.5 Å². The maximum Gasteiger partial charge on any atom is 0.281 e. The molecule has 3 heterocycles. The van der Waals surface area contributed by atoms with Crippen LogP contribution in [0.3, 0.4) is 0 Å². The number of hydrogen-bond donors (Lipinski definition) is 0. The third-order valence-corrected chi connectivity index (χ3v) is 6.19. The largest absolute Gasteiger partial charge is 0.495 e. The summed E-state index contributed by atoms with van der Waals surface area (Å²) in [6, 6.07) is 6.25. The second-order valence-corrected chi connectivity index (χ2v) is 7.83. The molecule has 2 atom stereocenters. The summed E-state index contributed by atoms with van der Waals surface area (Å²) in [6.45, 7) is 3.10. The molecule has 146 valence electrons. The third-order valence-electron chi connectivity index (χ3n) is 5.89. The van der Waals surface area contributed by atoms with E-state index in [1.165, 1.54) is 6.42 Å². The standard InChI is InChI=1S/C20H22ClN5O2/c1-3-25-19(27)17-18(26-15-6-4-5-14(15)23-20(25)26)22-11-24(17)10-12-7-8-16(28-2)13(21)9-12/h7-9,11,14-15H,3-6,10H2,1-2H3/t14-,15?/m1/s1. The van der Waals surface area contributed by atoms with Gasteiger partial charge in [-0.25, -0.2) is 9.98 Å². The van der Waals surface area contributed by atoms with Gasteiger partial charge in [-0.3, -0.25) is 14.6 Å². The molecule has 1 aromatic heterocycles. The van der Waals surface area contributed by atoms with Crippen LogP contribution < -0.4 is 9.64 Å². The molecule has 2 aliphatic heterocycles. The normalized spacial score (nSPS) is 22.8. The number of fused-ring (bicyclic) bond motifs is 5. The number of rotatable bonds is 4. The highest BCUT2D eigenvalue weighted by atomic mass is 35.5. The average Bonchev–Trinajstić information content (AvgIpc) is 3.37. The lowest BCUT2D eigenvalue weighted by Gasteiger charge is -2.35. The van der Waals surface area contributed by atoms with Gasteiger partial charge < -0.3 is 9.30 Å². The Labute approximate surface area is 168 Å². The summed E-state index contributed by atoms with van der Waals surface area (Å²) in [4.78, 5) is 26.7. The van der Waals surface area contributed by atoms with E-state index in [1.54, 1.807) is 18.3 Å². The number of carbonyl (C=O) groups excluding carboxylic acids is 1. The van der Waals surface area contributed by atoms with E-state index in [2.05, 4.69) is 9.88 Å². The number of anilines is 1. The number of amides is 1. The number of halogens is 1. The van der Waals surface area contributed by atoms with Crippen molar-refractivity contribution >= 4 is 29.3 Å². The Balaban J connectivity index is 1.54. The Hall–Kier alpha value is -2.54. The zero-order valence-electron chi connectivity index (χ0n) is 15.9. The first-order valence-corrected chi connectivity index (χ1v) is 10.1. The Morgan fingerprint density at radius 2 is 2.18 bits per heavy atom. The number of methoxy groups -OCH3 is 1. The fourth-order valence-electron chi connectivity index (χ4n) is 4.58. The molecule has 7 nitrogen and oxygen atoms in total. The minimum absolute atomic E-state index is 0.0374. The number of nitrogens with zero attached hydrogens (tertiary/aromatic N) is 5. The summed E-state index contributed by atoms with van der Waals surface area (Å²) in [5.74, 6) is 2.11. The zero-order chi connectivity index (χ0) is 19.4. The minimum Gasteiger partial charge on any atom is -0.495 e. The van der Waals surface area contributed by atoms with Crippen LogP contribution in [-0.4, -0.2) is 52.1 Å². The summed E-state index contributed by atoms with van der Waals surface area (Å²) < 4.78 is 7.14. The smallest absolute Gasteiger partial charge is 0.281 e. The molecule has 1 fully saturated rings. The monoisotopic (exact) mass is 399 g/mol. The summed E-state index contributed by atoms with van der Waals surface area (Å²) >= 11 is 6.27. The number of imidazole rings is 1. The SMILES string of the molecule is CCN1C(=O)c2c(ncn2Cc2ccc(OC)c(Cl)c2)N2C1=N[C@@H]1CCCC12. The maximum atomic E-state index is 13.3. The Morgan fingerprint density at radius 1 is 1.32 bits per heavy atom. The molecular formula is C20H22ClN5O2. The maximum absolute atomic E-state index is 13.3. The topological polar surface area (TPSA) is 63.0 Å². The van der Waals surface area contributed by atoms with Crippen LogP contribution in [-0.2, 0) is 6.54 Å². The highest BCUT2D eigenvalue weighted by Gasteiger charge is 2.49. The van der Waals surface area contributed by atoms with Gasteiger partial charge in [-0.15, -0.1) is 0 Å². The van der Waals surface area contributed by atoms with Crippen molar-refractivity contribution in [3.8, 4) is 5.75 Å². The Kier molecular flexibility index (Phi) is 4.08. The Bertz CT molecular complexity index is 985. The number of aliphatic imine (C=N–C) groups is 1. The van der Waals surface area contributed by atoms with E-state index in [0.717, 1.165) is 30.2 Å². The van der Waals surface area contributed by atoms with Crippen molar-refractivity contribution in [1.82, 2.24) is 14.5 Å². The molecule has 1 aliphatic carbocycles. The van der Waals surface area contributed by atoms with E-state index >= 15 is 0 Å². The van der Waals surface area contributed by atoms with Crippen molar-refractivity contribution in [2.45, 2.75) is 44.8 Å². The van der Waals surface area contributed by atoms with E-state index in [4.69, 9.17) is 21.3 Å². The number of guanidine groups is 1. The summed E-state index contributed by atoms with van der Waals surface area (Å²) in [5, 5.41) is 0.554. The molecule has 1 saturated carbocycles. The third kappa shape index (κ3) is 2.45. The minimum atomic E-state index is -0.0374. The van der Waals surface area contributed by atoms with Crippen LogP contribution >= 0.6 is 11.6 Å². The van der Waals surface area contributed by atoms with E-state index in [-0.39, 0.29) is 11.9 Å². The molecule has 2 aromatic rings. The first-order chi connectivity index (χ1) is 13.6. The van der Waals surface area contributed by atoms with Gasteiger partial charge in [0, 0.05) is 13.1 Å². The molecule has 3 aliphatic rings. The first-order valence-electron chi connectivity index (χ1n) is 9.68. The van der Waals surface area contributed by atoms with Gasteiger partial charge in [0.25, 0.3) is 5.91 Å². The summed E-state index contributed by atoms with van der Waals surface area (Å²) in [5.41, 5.74) is 1.61. The number of carbonyl (C=O) groups is 1. The van der Waals surface area contributed by atoms with Gasteiger partial charge in [-0.2, -0.15) is 0 Å². The Morgan fingerprint density at radius 3 is 2.93 bits per heavy atom. The van der Waals surface area contributed by atoms with Crippen LogP contribution in [0.5, 0.6) is 5.75 Å². The van der Waals surface area contributed by atoms with Crippen LogP contribution in [0.1, 0.15) is 42.2 Å². The van der Waals surface area contributed by atoms with Gasteiger partial charge in [-0.05, 0) is 43.9 Å². The van der Waals surface area contributed by atoms with E-state index in [0.29, 0.717) is 35.6 Å². The van der Waals surface area contributed by atoms with E-state index in [1.807, 2.05) is 29.7 Å². The van der Waals surface area contributed by atoms with Crippen LogP contribution in [0.25, 0.3) is 0 Å². The molecule has 28 heavy (non-hydrogen) atoms. The fraction of sp³-hybridized carbons (Fsp3) is 0.450. The number of ether oxygens (including phenoxy) is 1. The molecule has 0 bridgehead atoms. The van der Waals surface area contributed by atoms with Crippen molar-refractivity contribution in [2.75, 3.05) is 18.6 Å². The molecule has 1 unspecified atom stereocenters. The van der Waals surface area contributed by atoms with Crippen molar-refractivity contribution in [3.63, 3.8) is 0 Å². The second kappa shape index (κ2) is 6.51. The van der Waals surface area contributed by atoms with Crippen LogP contribution in [0.15, 0.2) is 29.5 Å². The van der Waals surface area contributed by atoms with Crippen molar-refractivity contribution in [3.05, 3.63) is 40.8 Å². The lowest BCUT2D eigenvalue weighted by Crippen LogP contribution is -2.53. The van der Waals surface area contributed by atoms with Gasteiger partial charge >= 0.3 is 0 Å². The highest BCUT2D eigenvalue weighted by Crippen LogP contribution is 2.40. The second-order valence-electron chi connectivity index (χ2n) is 7.43. The van der Waals surface area contributed by atoms with Crippen molar-refractivity contribution in [1.29, 1.82) is 0 Å². The molecule has 1 amide bonds. The summed E-state index contributed by atoms with van der Waals surface area (Å²) in [6.07, 6.45) is 5.09. The van der Waals surface area contributed by atoms with Gasteiger partial charge in [0.15, 0.2) is 11.5 Å². The fourth-order valence-corrected chi connectivity index (χ4v) is 4.86. The molecule has 8 heteroatoms. The number of benzene rings is 1. The van der Waals surface area contributed by atoms with E-state index < -0.39 is 0 Å². The summed E-state index contributed by atoms with van der Waals surface area (Å²) in [7, 11) is 1.59. The van der Waals surface area contributed by atoms with Gasteiger partial charge in [-0.1, -0.05) is 17.7 Å². The molecule has 0 spiro atoms. The molecule has 0 radical (unpaired) electrons. The molecule has 0 saturated heterocycles. The highest BCUT2D eigenvalue weighted by molar-refractivity contribution is 6.32. The first kappa shape index (κ1) is 17.6. The quantitative estimate of drug-likeness (QED) is 0.792. The van der Waals surface area contributed by atoms with E-state index in [9.17, 15) is 4.79 Å². The predicted molar refractivity (Wildman–Crippen MR) is 107 cm³/mol. The molecule has 1 aromatic carbocycles. The van der Waals surface area contributed by atoms with Crippen LogP contribution in [0, 0.1) is 0 Å². The average molecular weight is 400 g/mol. The van der Waals surface area contributed by atoms with Crippen LogP contribution in [0.4, 0.5) is 5.82 Å². The van der Waals surface area contributed by atoms with Crippen LogP contribution in [0.2, 0.25) is 5.02 Å². The van der Waals surface area contributed by atoms with Crippen molar-refractivity contribution in [2.24, 2.45) is 4.99 Å². The molecule has 5 rings (SSSR count). The van der Waals surface area contributed by atoms with Crippen molar-refractivity contribution < 1.29 is 9.53 Å².